The van der Waals surface area contributed by atoms with Crippen LogP contribution in [0, 0.1) is 6.92 Å². The molecule has 1 fully saturated rings. The molecular formula is C20H21N7S. The normalized spacial score (nSPS) is 14.8. The fourth-order valence-electron chi connectivity index (χ4n) is 3.74. The van der Waals surface area contributed by atoms with E-state index in [0.717, 1.165) is 43.8 Å². The highest BCUT2D eigenvalue weighted by molar-refractivity contribution is 7.15. The maximum absolute atomic E-state index is 4.74. The van der Waals surface area contributed by atoms with Crippen molar-refractivity contribution in [3.8, 4) is 11.1 Å². The van der Waals surface area contributed by atoms with Gasteiger partial charge in [0.2, 0.25) is 5.13 Å². The predicted molar refractivity (Wildman–Crippen MR) is 111 cm³/mol. The molecule has 1 aliphatic rings. The van der Waals surface area contributed by atoms with E-state index in [2.05, 4.69) is 38.6 Å². The van der Waals surface area contributed by atoms with Crippen LogP contribution in [0.4, 0.5) is 10.9 Å². The number of aromatic nitrogens is 6. The summed E-state index contributed by atoms with van der Waals surface area (Å²) in [5.41, 5.74) is 4.89. The van der Waals surface area contributed by atoms with Gasteiger partial charge in [-0.3, -0.25) is 9.67 Å². The summed E-state index contributed by atoms with van der Waals surface area (Å²) in [5, 5.41) is 18.2. The van der Waals surface area contributed by atoms with Crippen LogP contribution in [-0.4, -0.2) is 29.9 Å². The molecule has 8 heteroatoms. The van der Waals surface area contributed by atoms with Crippen LogP contribution >= 0.6 is 11.3 Å². The monoisotopic (exact) mass is 391 g/mol. The van der Waals surface area contributed by atoms with Crippen molar-refractivity contribution in [3.05, 3.63) is 41.3 Å². The maximum atomic E-state index is 4.74. The molecule has 0 spiro atoms. The SMILES string of the molecule is Cc1c(-c2cnc3ccc(Nc4nnc(C5CCCC5)s4)nc3c2)cnn1C. The molecule has 0 aliphatic heterocycles. The standard InChI is InChI=1S/C20H21N7S/c1-12-15(11-22-27(12)2)14-9-17-16(21-10-14)7-8-18(23-17)24-20-26-25-19(28-20)13-5-3-4-6-13/h7-11,13H,3-6H2,1-2H3,(H,23,24,26). The number of anilines is 2. The third-order valence-electron chi connectivity index (χ3n) is 5.46. The zero-order valence-corrected chi connectivity index (χ0v) is 16.7. The number of hydrogen-bond donors (Lipinski definition) is 1. The van der Waals surface area contributed by atoms with Crippen LogP contribution in [-0.2, 0) is 7.05 Å². The second kappa shape index (κ2) is 6.94. The molecule has 142 valence electrons. The van der Waals surface area contributed by atoms with Crippen molar-refractivity contribution in [3.63, 3.8) is 0 Å². The van der Waals surface area contributed by atoms with E-state index in [4.69, 9.17) is 4.98 Å². The lowest BCUT2D eigenvalue weighted by molar-refractivity contribution is 0.705. The smallest absolute Gasteiger partial charge is 0.211 e. The minimum atomic E-state index is 0.576. The van der Waals surface area contributed by atoms with Gasteiger partial charge in [0.25, 0.3) is 0 Å². The Balaban J connectivity index is 1.43. The lowest BCUT2D eigenvalue weighted by Gasteiger charge is -2.05. The molecule has 0 amide bonds. The van der Waals surface area contributed by atoms with E-state index >= 15 is 0 Å². The molecule has 28 heavy (non-hydrogen) atoms. The van der Waals surface area contributed by atoms with E-state index in [-0.39, 0.29) is 0 Å². The third kappa shape index (κ3) is 3.13. The average molecular weight is 392 g/mol. The Kier molecular flexibility index (Phi) is 4.27. The Bertz CT molecular complexity index is 1140. The topological polar surface area (TPSA) is 81.4 Å². The Morgan fingerprint density at radius 2 is 1.96 bits per heavy atom. The Morgan fingerprint density at radius 3 is 2.75 bits per heavy atom. The Morgan fingerprint density at radius 1 is 1.11 bits per heavy atom. The number of nitrogens with zero attached hydrogens (tertiary/aromatic N) is 6. The van der Waals surface area contributed by atoms with Gasteiger partial charge >= 0.3 is 0 Å². The molecule has 1 saturated carbocycles. The van der Waals surface area contributed by atoms with Crippen LogP contribution in [0.2, 0.25) is 0 Å². The highest BCUT2D eigenvalue weighted by Crippen LogP contribution is 2.37. The molecule has 0 saturated heterocycles. The van der Waals surface area contributed by atoms with Gasteiger partial charge < -0.3 is 5.32 Å². The summed E-state index contributed by atoms with van der Waals surface area (Å²) in [6.07, 6.45) is 8.79. The first-order valence-corrected chi connectivity index (χ1v) is 10.4. The lowest BCUT2D eigenvalue weighted by atomic mass is 10.1. The highest BCUT2D eigenvalue weighted by Gasteiger charge is 2.21. The van der Waals surface area contributed by atoms with Gasteiger partial charge in [-0.25, -0.2) is 4.98 Å². The predicted octanol–water partition coefficient (Wildman–Crippen LogP) is 4.59. The molecule has 0 radical (unpaired) electrons. The molecule has 4 aromatic heterocycles. The van der Waals surface area contributed by atoms with Crippen molar-refractivity contribution in [2.75, 3.05) is 5.32 Å². The van der Waals surface area contributed by atoms with Gasteiger partial charge in [-0.2, -0.15) is 5.10 Å². The highest BCUT2D eigenvalue weighted by atomic mass is 32.1. The van der Waals surface area contributed by atoms with Crippen LogP contribution in [0.5, 0.6) is 0 Å². The molecule has 1 aliphatic carbocycles. The average Bonchev–Trinajstić information content (AvgIpc) is 3.44. The van der Waals surface area contributed by atoms with Gasteiger partial charge in [0.15, 0.2) is 0 Å². The van der Waals surface area contributed by atoms with Crippen molar-refractivity contribution in [1.29, 1.82) is 0 Å². The largest absolute Gasteiger partial charge is 0.315 e. The van der Waals surface area contributed by atoms with Crippen molar-refractivity contribution >= 4 is 33.3 Å². The summed E-state index contributed by atoms with van der Waals surface area (Å²) < 4.78 is 1.86. The minimum Gasteiger partial charge on any atom is -0.315 e. The number of fused-ring (bicyclic) bond motifs is 1. The molecule has 0 unspecified atom stereocenters. The van der Waals surface area contributed by atoms with E-state index in [0.29, 0.717) is 5.92 Å². The minimum absolute atomic E-state index is 0.576. The van der Waals surface area contributed by atoms with E-state index in [1.54, 1.807) is 11.3 Å². The molecule has 4 heterocycles. The fraction of sp³-hybridized carbons (Fsp3) is 0.350. The molecule has 1 N–H and O–H groups in total. The van der Waals surface area contributed by atoms with E-state index in [1.807, 2.05) is 36.3 Å². The molecule has 4 aromatic rings. The molecule has 5 rings (SSSR count). The van der Waals surface area contributed by atoms with Gasteiger partial charge in [-0.1, -0.05) is 24.2 Å². The Labute approximate surface area is 166 Å². The van der Waals surface area contributed by atoms with Gasteiger partial charge in [0.05, 0.1) is 17.2 Å². The molecule has 0 atom stereocenters. The summed E-state index contributed by atoms with van der Waals surface area (Å²) in [6, 6.07) is 5.96. The number of aryl methyl sites for hydroxylation is 1. The van der Waals surface area contributed by atoms with Crippen LogP contribution in [0.25, 0.3) is 22.2 Å². The van der Waals surface area contributed by atoms with Gasteiger partial charge in [-0.15, -0.1) is 10.2 Å². The van der Waals surface area contributed by atoms with Gasteiger partial charge in [0.1, 0.15) is 10.8 Å². The van der Waals surface area contributed by atoms with Crippen molar-refractivity contribution in [2.45, 2.75) is 38.5 Å². The first-order valence-electron chi connectivity index (χ1n) is 9.53. The summed E-state index contributed by atoms with van der Waals surface area (Å²) in [6.45, 7) is 2.05. The quantitative estimate of drug-likeness (QED) is 0.548. The van der Waals surface area contributed by atoms with Crippen molar-refractivity contribution in [2.24, 2.45) is 7.05 Å². The molecule has 7 nitrogen and oxygen atoms in total. The van der Waals surface area contributed by atoms with E-state index < -0.39 is 0 Å². The number of rotatable bonds is 4. The van der Waals surface area contributed by atoms with Crippen LogP contribution < -0.4 is 5.32 Å². The van der Waals surface area contributed by atoms with Crippen LogP contribution in [0.1, 0.15) is 42.3 Å². The van der Waals surface area contributed by atoms with E-state index in [1.165, 1.54) is 25.7 Å². The van der Waals surface area contributed by atoms with Gasteiger partial charge in [-0.05, 0) is 38.0 Å². The first kappa shape index (κ1) is 17.2. The molecule has 0 aromatic carbocycles. The first-order chi connectivity index (χ1) is 13.7. The van der Waals surface area contributed by atoms with Gasteiger partial charge in [0, 0.05) is 36.0 Å². The second-order valence-corrected chi connectivity index (χ2v) is 8.29. The van der Waals surface area contributed by atoms with Crippen molar-refractivity contribution < 1.29 is 0 Å². The number of hydrogen-bond acceptors (Lipinski definition) is 7. The van der Waals surface area contributed by atoms with Crippen LogP contribution in [0.15, 0.2) is 30.6 Å². The molecular weight excluding hydrogens is 370 g/mol. The van der Waals surface area contributed by atoms with E-state index in [9.17, 15) is 0 Å². The zero-order valence-electron chi connectivity index (χ0n) is 15.9. The zero-order chi connectivity index (χ0) is 19.1. The lowest BCUT2D eigenvalue weighted by Crippen LogP contribution is -1.95. The Hall–Kier alpha value is -2.87. The second-order valence-electron chi connectivity index (χ2n) is 7.28. The summed E-state index contributed by atoms with van der Waals surface area (Å²) in [4.78, 5) is 9.30. The summed E-state index contributed by atoms with van der Waals surface area (Å²) in [5.74, 6) is 1.33. The third-order valence-corrected chi connectivity index (χ3v) is 6.46. The number of nitrogens with one attached hydrogen (secondary N) is 1. The number of pyridine rings is 2. The van der Waals surface area contributed by atoms with Crippen molar-refractivity contribution in [1.82, 2.24) is 29.9 Å². The summed E-state index contributed by atoms with van der Waals surface area (Å²) >= 11 is 1.64. The maximum Gasteiger partial charge on any atom is 0.211 e. The van der Waals surface area contributed by atoms with Crippen LogP contribution in [0.3, 0.4) is 0 Å². The molecule has 0 bridgehead atoms. The fourth-order valence-corrected chi connectivity index (χ4v) is 4.66. The summed E-state index contributed by atoms with van der Waals surface area (Å²) in [7, 11) is 1.94.